The molecule has 0 aromatic heterocycles. The van der Waals surface area contributed by atoms with E-state index in [9.17, 15) is 4.79 Å². The SMILES string of the molecule is C=C(C)C(=O)OC(C)CC1CC2CC1C1CCCC21. The number of carbonyl (C=O) groups is 1. The molecule has 19 heavy (non-hydrogen) atoms. The van der Waals surface area contributed by atoms with Crippen molar-refractivity contribution in [1.82, 2.24) is 0 Å². The number of ether oxygens (including phenoxy) is 1. The summed E-state index contributed by atoms with van der Waals surface area (Å²) in [6, 6.07) is 0. The van der Waals surface area contributed by atoms with Crippen molar-refractivity contribution >= 4 is 5.97 Å². The van der Waals surface area contributed by atoms with Crippen LogP contribution >= 0.6 is 0 Å². The van der Waals surface area contributed by atoms with Gasteiger partial charge in [-0.3, -0.25) is 0 Å². The Bertz CT molecular complexity index is 387. The Hall–Kier alpha value is -0.790. The van der Waals surface area contributed by atoms with Crippen molar-refractivity contribution in [1.29, 1.82) is 0 Å². The Balaban J connectivity index is 1.54. The first-order valence-corrected chi connectivity index (χ1v) is 7.92. The molecule has 3 fully saturated rings. The zero-order valence-electron chi connectivity index (χ0n) is 12.2. The van der Waals surface area contributed by atoms with Gasteiger partial charge in [0, 0.05) is 5.57 Å². The van der Waals surface area contributed by atoms with Gasteiger partial charge in [-0.25, -0.2) is 4.79 Å². The second kappa shape index (κ2) is 4.96. The largest absolute Gasteiger partial charge is 0.459 e. The molecular weight excluding hydrogens is 236 g/mol. The lowest BCUT2D eigenvalue weighted by Crippen LogP contribution is -2.28. The normalized spacial score (nSPS) is 41.1. The van der Waals surface area contributed by atoms with E-state index < -0.39 is 0 Å². The van der Waals surface area contributed by atoms with Crippen LogP contribution in [0.5, 0.6) is 0 Å². The van der Waals surface area contributed by atoms with E-state index in [-0.39, 0.29) is 12.1 Å². The Labute approximate surface area is 116 Å². The molecule has 0 aliphatic heterocycles. The van der Waals surface area contributed by atoms with E-state index in [1.54, 1.807) is 6.92 Å². The molecule has 2 bridgehead atoms. The zero-order valence-corrected chi connectivity index (χ0v) is 12.2. The fourth-order valence-corrected chi connectivity index (χ4v) is 5.24. The fourth-order valence-electron chi connectivity index (χ4n) is 5.24. The molecule has 0 spiro atoms. The minimum atomic E-state index is -0.227. The van der Waals surface area contributed by atoms with Crippen molar-refractivity contribution < 1.29 is 9.53 Å². The van der Waals surface area contributed by atoms with E-state index in [4.69, 9.17) is 4.74 Å². The number of fused-ring (bicyclic) bond motifs is 5. The van der Waals surface area contributed by atoms with E-state index in [1.165, 1.54) is 32.1 Å². The number of hydrogen-bond donors (Lipinski definition) is 0. The average molecular weight is 262 g/mol. The van der Waals surface area contributed by atoms with Gasteiger partial charge in [-0.05, 0) is 75.5 Å². The average Bonchev–Trinajstić information content (AvgIpc) is 2.98. The van der Waals surface area contributed by atoms with Gasteiger partial charge in [-0.15, -0.1) is 0 Å². The van der Waals surface area contributed by atoms with Gasteiger partial charge in [0.05, 0.1) is 6.10 Å². The molecule has 6 atom stereocenters. The first kappa shape index (κ1) is 13.2. The summed E-state index contributed by atoms with van der Waals surface area (Å²) in [7, 11) is 0. The minimum absolute atomic E-state index is 0.0494. The highest BCUT2D eigenvalue weighted by atomic mass is 16.5. The van der Waals surface area contributed by atoms with E-state index in [2.05, 4.69) is 6.58 Å². The van der Waals surface area contributed by atoms with Crippen LogP contribution in [0.4, 0.5) is 0 Å². The molecule has 0 N–H and O–H groups in total. The Morgan fingerprint density at radius 2 is 2.00 bits per heavy atom. The van der Waals surface area contributed by atoms with E-state index in [0.717, 1.165) is 36.0 Å². The van der Waals surface area contributed by atoms with Gasteiger partial charge in [0.15, 0.2) is 0 Å². The van der Waals surface area contributed by atoms with Crippen LogP contribution in [-0.4, -0.2) is 12.1 Å². The molecule has 0 heterocycles. The third-order valence-corrected chi connectivity index (χ3v) is 5.86. The summed E-state index contributed by atoms with van der Waals surface area (Å²) < 4.78 is 5.45. The molecule has 0 saturated heterocycles. The molecular formula is C17H26O2. The summed E-state index contributed by atoms with van der Waals surface area (Å²) in [6.07, 6.45) is 8.36. The molecule has 3 aliphatic rings. The summed E-state index contributed by atoms with van der Waals surface area (Å²) in [6.45, 7) is 7.41. The first-order chi connectivity index (χ1) is 9.06. The van der Waals surface area contributed by atoms with Crippen molar-refractivity contribution in [3.8, 4) is 0 Å². The lowest BCUT2D eigenvalue weighted by molar-refractivity contribution is -0.144. The predicted octanol–water partition coefficient (Wildman–Crippen LogP) is 3.96. The second-order valence-electron chi connectivity index (χ2n) is 7.15. The Kier molecular flexibility index (Phi) is 3.44. The van der Waals surface area contributed by atoms with Crippen LogP contribution in [0.2, 0.25) is 0 Å². The molecule has 106 valence electrons. The van der Waals surface area contributed by atoms with Gasteiger partial charge in [0.1, 0.15) is 0 Å². The third kappa shape index (κ3) is 2.34. The summed E-state index contributed by atoms with van der Waals surface area (Å²) in [4.78, 5) is 11.5. The molecule has 6 unspecified atom stereocenters. The maximum Gasteiger partial charge on any atom is 0.333 e. The molecule has 2 heteroatoms. The number of carbonyl (C=O) groups excluding carboxylic acids is 1. The second-order valence-corrected chi connectivity index (χ2v) is 7.15. The van der Waals surface area contributed by atoms with Crippen LogP contribution in [0.3, 0.4) is 0 Å². The lowest BCUT2D eigenvalue weighted by Gasteiger charge is -2.32. The standard InChI is InChI=1S/C17H26O2/c1-10(2)17(18)19-11(3)7-12-8-13-9-16(12)15-6-4-5-14(13)15/h11-16H,1,4-9H2,2-3H3. The van der Waals surface area contributed by atoms with Gasteiger partial charge in [0.25, 0.3) is 0 Å². The maximum absolute atomic E-state index is 11.5. The topological polar surface area (TPSA) is 26.3 Å². The van der Waals surface area contributed by atoms with Crippen molar-refractivity contribution in [3.05, 3.63) is 12.2 Å². The summed E-state index contributed by atoms with van der Waals surface area (Å²) in [5.41, 5.74) is 0.510. The molecule has 3 rings (SSSR count). The molecule has 2 nitrogen and oxygen atoms in total. The zero-order chi connectivity index (χ0) is 13.6. The molecule has 3 saturated carbocycles. The van der Waals surface area contributed by atoms with Gasteiger partial charge in [-0.1, -0.05) is 13.0 Å². The minimum Gasteiger partial charge on any atom is -0.459 e. The maximum atomic E-state index is 11.5. The number of esters is 1. The van der Waals surface area contributed by atoms with Crippen LogP contribution in [0, 0.1) is 29.6 Å². The Morgan fingerprint density at radius 3 is 2.74 bits per heavy atom. The predicted molar refractivity (Wildman–Crippen MR) is 75.5 cm³/mol. The molecule has 0 amide bonds. The van der Waals surface area contributed by atoms with Gasteiger partial charge in [-0.2, -0.15) is 0 Å². The third-order valence-electron chi connectivity index (χ3n) is 5.86. The van der Waals surface area contributed by atoms with Gasteiger partial charge >= 0.3 is 5.97 Å². The van der Waals surface area contributed by atoms with Crippen molar-refractivity contribution in [2.24, 2.45) is 29.6 Å². The molecule has 3 aliphatic carbocycles. The summed E-state index contributed by atoms with van der Waals surface area (Å²) in [5, 5.41) is 0. The van der Waals surface area contributed by atoms with Crippen molar-refractivity contribution in [2.45, 2.75) is 58.5 Å². The fraction of sp³-hybridized carbons (Fsp3) is 0.824. The van der Waals surface area contributed by atoms with Gasteiger partial charge < -0.3 is 4.74 Å². The number of rotatable bonds is 4. The van der Waals surface area contributed by atoms with E-state index in [0.29, 0.717) is 5.57 Å². The molecule has 0 aromatic carbocycles. The van der Waals surface area contributed by atoms with Crippen LogP contribution in [0.1, 0.15) is 52.4 Å². The lowest BCUT2D eigenvalue weighted by atomic mass is 9.74. The van der Waals surface area contributed by atoms with Crippen LogP contribution in [0.15, 0.2) is 12.2 Å². The quantitative estimate of drug-likeness (QED) is 0.566. The number of hydrogen-bond acceptors (Lipinski definition) is 2. The van der Waals surface area contributed by atoms with E-state index in [1.807, 2.05) is 6.92 Å². The van der Waals surface area contributed by atoms with Crippen molar-refractivity contribution in [3.63, 3.8) is 0 Å². The molecule has 0 radical (unpaired) electrons. The van der Waals surface area contributed by atoms with Crippen molar-refractivity contribution in [2.75, 3.05) is 0 Å². The summed E-state index contributed by atoms with van der Waals surface area (Å²) >= 11 is 0. The summed E-state index contributed by atoms with van der Waals surface area (Å²) in [5.74, 6) is 4.56. The Morgan fingerprint density at radius 1 is 1.26 bits per heavy atom. The van der Waals surface area contributed by atoms with Crippen LogP contribution in [0.25, 0.3) is 0 Å². The smallest absolute Gasteiger partial charge is 0.333 e. The monoisotopic (exact) mass is 262 g/mol. The first-order valence-electron chi connectivity index (χ1n) is 7.92. The highest BCUT2D eigenvalue weighted by Crippen LogP contribution is 2.61. The van der Waals surface area contributed by atoms with E-state index >= 15 is 0 Å². The highest BCUT2D eigenvalue weighted by molar-refractivity contribution is 5.87. The van der Waals surface area contributed by atoms with Crippen LogP contribution < -0.4 is 0 Å². The highest BCUT2D eigenvalue weighted by Gasteiger charge is 2.53. The van der Waals surface area contributed by atoms with Crippen LogP contribution in [-0.2, 0) is 9.53 Å². The molecule has 0 aromatic rings. The van der Waals surface area contributed by atoms with Gasteiger partial charge in [0.2, 0.25) is 0 Å².